The van der Waals surface area contributed by atoms with Crippen LogP contribution in [0.15, 0.2) is 59.4 Å². The SMILES string of the molecule is CCOc1ccc2[nH]c(=O)c(CN(Cc3nnnn3Cc3ccccc3)C[C@@H]3CCCO3)cc2c1. The van der Waals surface area contributed by atoms with E-state index in [0.29, 0.717) is 38.3 Å². The van der Waals surface area contributed by atoms with Gasteiger partial charge in [-0.25, -0.2) is 4.68 Å². The zero-order valence-corrected chi connectivity index (χ0v) is 19.9. The lowest BCUT2D eigenvalue weighted by atomic mass is 10.1. The summed E-state index contributed by atoms with van der Waals surface area (Å²) in [6, 6.07) is 17.8. The van der Waals surface area contributed by atoms with E-state index in [-0.39, 0.29) is 11.7 Å². The monoisotopic (exact) mass is 474 g/mol. The van der Waals surface area contributed by atoms with Gasteiger partial charge in [-0.2, -0.15) is 0 Å². The Hall–Kier alpha value is -3.56. The number of hydrogen-bond donors (Lipinski definition) is 1. The van der Waals surface area contributed by atoms with Gasteiger partial charge in [0.1, 0.15) is 5.75 Å². The Labute approximate surface area is 203 Å². The van der Waals surface area contributed by atoms with E-state index in [1.807, 2.05) is 54.1 Å². The lowest BCUT2D eigenvalue weighted by Gasteiger charge is -2.24. The molecule has 3 heterocycles. The Balaban J connectivity index is 1.40. The highest BCUT2D eigenvalue weighted by Crippen LogP contribution is 2.21. The average Bonchev–Trinajstić information content (AvgIpc) is 3.53. The van der Waals surface area contributed by atoms with Gasteiger partial charge in [0.2, 0.25) is 0 Å². The highest BCUT2D eigenvalue weighted by Gasteiger charge is 2.22. The number of aromatic amines is 1. The van der Waals surface area contributed by atoms with E-state index in [0.717, 1.165) is 47.5 Å². The summed E-state index contributed by atoms with van der Waals surface area (Å²) in [5, 5.41) is 13.4. The predicted octanol–water partition coefficient (Wildman–Crippen LogP) is 3.14. The molecule has 35 heavy (non-hydrogen) atoms. The Kier molecular flexibility index (Phi) is 7.15. The lowest BCUT2D eigenvalue weighted by Crippen LogP contribution is -2.34. The molecule has 1 aliphatic heterocycles. The minimum Gasteiger partial charge on any atom is -0.494 e. The molecule has 9 heteroatoms. The second-order valence-corrected chi connectivity index (χ2v) is 8.85. The number of aromatic nitrogens is 5. The van der Waals surface area contributed by atoms with Crippen LogP contribution in [0.5, 0.6) is 5.75 Å². The van der Waals surface area contributed by atoms with Crippen LogP contribution in [-0.2, 0) is 24.4 Å². The molecule has 0 amide bonds. The molecule has 1 N–H and O–H groups in total. The summed E-state index contributed by atoms with van der Waals surface area (Å²) in [4.78, 5) is 18.2. The molecule has 0 unspecified atom stereocenters. The van der Waals surface area contributed by atoms with E-state index >= 15 is 0 Å². The first-order valence-corrected chi connectivity index (χ1v) is 12.1. The van der Waals surface area contributed by atoms with Crippen molar-refractivity contribution in [2.45, 2.75) is 45.5 Å². The Morgan fingerprint density at radius 3 is 2.86 bits per heavy atom. The van der Waals surface area contributed by atoms with Crippen LogP contribution >= 0.6 is 0 Å². The average molecular weight is 475 g/mol. The minimum atomic E-state index is -0.0946. The standard InChI is InChI=1S/C26H30N6O3/c1-2-34-22-10-11-24-20(14-22)13-21(26(33)27-24)16-31(17-23-9-6-12-35-23)18-25-28-29-30-32(25)15-19-7-4-3-5-8-19/h3-5,7-8,10-11,13-14,23H,2,6,9,12,15-18H2,1H3,(H,27,33)/t23-/m0/s1. The van der Waals surface area contributed by atoms with Gasteiger partial charge >= 0.3 is 0 Å². The maximum absolute atomic E-state index is 12.9. The number of nitrogens with one attached hydrogen (secondary N) is 1. The summed E-state index contributed by atoms with van der Waals surface area (Å²) in [5.74, 6) is 1.54. The highest BCUT2D eigenvalue weighted by molar-refractivity contribution is 5.80. The van der Waals surface area contributed by atoms with Gasteiger partial charge in [-0.1, -0.05) is 30.3 Å². The van der Waals surface area contributed by atoms with Crippen LogP contribution in [0.25, 0.3) is 10.9 Å². The van der Waals surface area contributed by atoms with Crippen LogP contribution in [0.4, 0.5) is 0 Å². The quantitative estimate of drug-likeness (QED) is 0.377. The molecule has 0 bridgehead atoms. The normalized spacial score (nSPS) is 15.8. The molecule has 0 spiro atoms. The van der Waals surface area contributed by atoms with Gasteiger partial charge in [0.15, 0.2) is 5.82 Å². The third-order valence-corrected chi connectivity index (χ3v) is 6.23. The van der Waals surface area contributed by atoms with E-state index in [2.05, 4.69) is 37.5 Å². The number of pyridine rings is 1. The molecule has 1 saturated heterocycles. The van der Waals surface area contributed by atoms with Crippen molar-refractivity contribution in [1.82, 2.24) is 30.1 Å². The fourth-order valence-corrected chi connectivity index (χ4v) is 4.52. The molecule has 4 aromatic rings. The van der Waals surface area contributed by atoms with Crippen molar-refractivity contribution in [3.05, 3.63) is 81.9 Å². The van der Waals surface area contributed by atoms with Crippen LogP contribution in [0, 0.1) is 0 Å². The first-order chi connectivity index (χ1) is 17.2. The van der Waals surface area contributed by atoms with Crippen LogP contribution in [0.2, 0.25) is 0 Å². The Bertz CT molecular complexity index is 1310. The predicted molar refractivity (Wildman–Crippen MR) is 132 cm³/mol. The van der Waals surface area contributed by atoms with Crippen LogP contribution < -0.4 is 10.3 Å². The highest BCUT2D eigenvalue weighted by atomic mass is 16.5. The summed E-state index contributed by atoms with van der Waals surface area (Å²) in [7, 11) is 0. The molecule has 1 fully saturated rings. The number of ether oxygens (including phenoxy) is 2. The first-order valence-electron chi connectivity index (χ1n) is 12.1. The molecule has 2 aromatic heterocycles. The number of rotatable bonds is 10. The third-order valence-electron chi connectivity index (χ3n) is 6.23. The van der Waals surface area contributed by atoms with Crippen molar-refractivity contribution in [2.75, 3.05) is 19.8 Å². The summed E-state index contributed by atoms with van der Waals surface area (Å²) >= 11 is 0. The lowest BCUT2D eigenvalue weighted by molar-refractivity contribution is 0.0663. The van der Waals surface area contributed by atoms with Gasteiger partial charge < -0.3 is 14.5 Å². The summed E-state index contributed by atoms with van der Waals surface area (Å²) < 4.78 is 13.4. The van der Waals surface area contributed by atoms with Gasteiger partial charge in [0, 0.05) is 36.2 Å². The molecule has 1 aliphatic rings. The van der Waals surface area contributed by atoms with E-state index in [1.54, 1.807) is 0 Å². The van der Waals surface area contributed by atoms with Gasteiger partial charge in [-0.05, 0) is 60.0 Å². The van der Waals surface area contributed by atoms with Crippen molar-refractivity contribution in [3.8, 4) is 5.75 Å². The van der Waals surface area contributed by atoms with E-state index in [4.69, 9.17) is 9.47 Å². The van der Waals surface area contributed by atoms with Gasteiger partial charge in [-0.3, -0.25) is 9.69 Å². The molecule has 182 valence electrons. The maximum Gasteiger partial charge on any atom is 0.252 e. The van der Waals surface area contributed by atoms with Gasteiger partial charge in [0.25, 0.3) is 5.56 Å². The fourth-order valence-electron chi connectivity index (χ4n) is 4.52. The largest absolute Gasteiger partial charge is 0.494 e. The number of fused-ring (bicyclic) bond motifs is 1. The van der Waals surface area contributed by atoms with Crippen molar-refractivity contribution in [2.24, 2.45) is 0 Å². The van der Waals surface area contributed by atoms with E-state index < -0.39 is 0 Å². The van der Waals surface area contributed by atoms with Crippen molar-refractivity contribution >= 4 is 10.9 Å². The number of benzene rings is 2. The van der Waals surface area contributed by atoms with Crippen molar-refractivity contribution in [1.29, 1.82) is 0 Å². The van der Waals surface area contributed by atoms with Crippen LogP contribution in [0.1, 0.15) is 36.7 Å². The molecule has 0 radical (unpaired) electrons. The first kappa shape index (κ1) is 23.2. The van der Waals surface area contributed by atoms with Crippen molar-refractivity contribution < 1.29 is 9.47 Å². The maximum atomic E-state index is 12.9. The molecule has 2 aromatic carbocycles. The molecular weight excluding hydrogens is 444 g/mol. The summed E-state index contributed by atoms with van der Waals surface area (Å²) in [6.45, 7) is 5.59. The van der Waals surface area contributed by atoms with Crippen molar-refractivity contribution in [3.63, 3.8) is 0 Å². The fraction of sp³-hybridized carbons (Fsp3) is 0.385. The van der Waals surface area contributed by atoms with Gasteiger partial charge in [0.05, 0.1) is 25.8 Å². The van der Waals surface area contributed by atoms with Gasteiger partial charge in [-0.15, -0.1) is 5.10 Å². The molecule has 5 rings (SSSR count). The molecule has 1 atom stereocenters. The Morgan fingerprint density at radius 2 is 2.06 bits per heavy atom. The number of nitrogens with zero attached hydrogens (tertiary/aromatic N) is 5. The summed E-state index contributed by atoms with van der Waals surface area (Å²) in [5.41, 5.74) is 2.51. The second-order valence-electron chi connectivity index (χ2n) is 8.85. The molecular formula is C26H30N6O3. The Morgan fingerprint density at radius 1 is 1.17 bits per heavy atom. The molecule has 9 nitrogen and oxygen atoms in total. The number of H-pyrrole nitrogens is 1. The smallest absolute Gasteiger partial charge is 0.252 e. The van der Waals surface area contributed by atoms with Crippen LogP contribution in [-0.4, -0.2) is 56.0 Å². The number of hydrogen-bond acceptors (Lipinski definition) is 7. The summed E-state index contributed by atoms with van der Waals surface area (Å²) in [6.07, 6.45) is 2.20. The third kappa shape index (κ3) is 5.75. The minimum absolute atomic E-state index is 0.0946. The molecule has 0 saturated carbocycles. The van der Waals surface area contributed by atoms with E-state index in [9.17, 15) is 4.79 Å². The van der Waals surface area contributed by atoms with E-state index in [1.165, 1.54) is 0 Å². The number of tetrazole rings is 1. The zero-order valence-electron chi connectivity index (χ0n) is 19.9. The molecule has 0 aliphatic carbocycles. The topological polar surface area (TPSA) is 98.2 Å². The van der Waals surface area contributed by atoms with Crippen LogP contribution in [0.3, 0.4) is 0 Å². The second kappa shape index (κ2) is 10.8. The zero-order chi connectivity index (χ0) is 24.0.